The molecule has 1 saturated heterocycles. The van der Waals surface area contributed by atoms with E-state index in [-0.39, 0.29) is 28.8 Å². The summed E-state index contributed by atoms with van der Waals surface area (Å²) in [6.45, 7) is 0.624. The number of carbonyl (C=O) groups is 1. The zero-order chi connectivity index (χ0) is 13.2. The third kappa shape index (κ3) is 4.13. The Morgan fingerprint density at radius 1 is 1.39 bits per heavy atom. The predicted octanol–water partition coefficient (Wildman–Crippen LogP) is -0.206. The minimum absolute atomic E-state index is 0.0364. The van der Waals surface area contributed by atoms with Gasteiger partial charge in [0.2, 0.25) is 5.91 Å². The molecule has 1 saturated carbocycles. The fourth-order valence-electron chi connectivity index (χ4n) is 2.26. The number of hydrogen-bond acceptors (Lipinski definition) is 5. The molecule has 2 rings (SSSR count). The molecule has 0 bridgehead atoms. The Bertz CT molecular complexity index is 403. The SMILES string of the molecule is O=C(CSC1CCS(=O)(=O)C1)NCC1CC(O)C1. The smallest absolute Gasteiger partial charge is 0.230 e. The second-order valence-corrected chi connectivity index (χ2v) is 8.65. The number of carbonyl (C=O) groups excluding carboxylic acids is 1. The molecule has 7 heteroatoms. The summed E-state index contributed by atoms with van der Waals surface area (Å²) in [7, 11) is -2.85. The van der Waals surface area contributed by atoms with Crippen molar-refractivity contribution in [1.29, 1.82) is 0 Å². The Morgan fingerprint density at radius 2 is 2.11 bits per heavy atom. The standard InChI is InChI=1S/C11H19NO4S2/c13-9-3-8(4-9)5-12-11(14)6-17-10-1-2-18(15,16)7-10/h8-10,13H,1-7H2,(H,12,14). The first-order valence-electron chi connectivity index (χ1n) is 6.21. The number of amides is 1. The third-order valence-electron chi connectivity index (χ3n) is 3.44. The van der Waals surface area contributed by atoms with Crippen molar-refractivity contribution in [2.24, 2.45) is 5.92 Å². The molecule has 2 fully saturated rings. The maximum atomic E-state index is 11.5. The van der Waals surface area contributed by atoms with Gasteiger partial charge in [0, 0.05) is 11.8 Å². The van der Waals surface area contributed by atoms with E-state index in [1.165, 1.54) is 11.8 Å². The number of sulfone groups is 1. The first-order valence-corrected chi connectivity index (χ1v) is 9.08. The van der Waals surface area contributed by atoms with Crippen LogP contribution in [0.4, 0.5) is 0 Å². The Morgan fingerprint density at radius 3 is 2.67 bits per heavy atom. The van der Waals surface area contributed by atoms with E-state index in [4.69, 9.17) is 5.11 Å². The summed E-state index contributed by atoms with van der Waals surface area (Å²) in [5.74, 6) is 1.16. The second-order valence-electron chi connectivity index (χ2n) is 5.13. The van der Waals surface area contributed by atoms with E-state index in [1.54, 1.807) is 0 Å². The monoisotopic (exact) mass is 293 g/mol. The van der Waals surface area contributed by atoms with Crippen LogP contribution in [0.5, 0.6) is 0 Å². The van der Waals surface area contributed by atoms with Crippen LogP contribution in [-0.2, 0) is 14.6 Å². The van der Waals surface area contributed by atoms with E-state index < -0.39 is 9.84 Å². The fraction of sp³-hybridized carbons (Fsp3) is 0.909. The second kappa shape index (κ2) is 5.79. The molecule has 1 aliphatic carbocycles. The molecule has 1 amide bonds. The van der Waals surface area contributed by atoms with Gasteiger partial charge < -0.3 is 10.4 Å². The van der Waals surface area contributed by atoms with E-state index >= 15 is 0 Å². The summed E-state index contributed by atoms with van der Waals surface area (Å²) in [6.07, 6.45) is 2.02. The Kier molecular flexibility index (Phi) is 4.55. The van der Waals surface area contributed by atoms with Gasteiger partial charge in [-0.05, 0) is 25.2 Å². The minimum Gasteiger partial charge on any atom is -0.393 e. The van der Waals surface area contributed by atoms with Crippen LogP contribution in [-0.4, -0.2) is 54.6 Å². The highest BCUT2D eigenvalue weighted by Gasteiger charge is 2.29. The van der Waals surface area contributed by atoms with Crippen LogP contribution in [0.25, 0.3) is 0 Å². The molecule has 1 aliphatic heterocycles. The van der Waals surface area contributed by atoms with Crippen molar-refractivity contribution in [3.8, 4) is 0 Å². The van der Waals surface area contributed by atoms with Gasteiger partial charge in [-0.25, -0.2) is 8.42 Å². The summed E-state index contributed by atoms with van der Waals surface area (Å²) in [4.78, 5) is 11.5. The number of rotatable bonds is 5. The molecular formula is C11H19NO4S2. The molecule has 0 aromatic rings. The third-order valence-corrected chi connectivity index (χ3v) is 6.72. The van der Waals surface area contributed by atoms with Gasteiger partial charge in [-0.3, -0.25) is 4.79 Å². The van der Waals surface area contributed by atoms with Crippen molar-refractivity contribution in [1.82, 2.24) is 5.32 Å². The maximum Gasteiger partial charge on any atom is 0.230 e. The molecule has 1 atom stereocenters. The van der Waals surface area contributed by atoms with Crippen LogP contribution in [0.1, 0.15) is 19.3 Å². The lowest BCUT2D eigenvalue weighted by Gasteiger charge is -2.31. The molecule has 0 spiro atoms. The van der Waals surface area contributed by atoms with Crippen molar-refractivity contribution in [3.63, 3.8) is 0 Å². The number of aliphatic hydroxyl groups is 1. The molecule has 0 aromatic heterocycles. The lowest BCUT2D eigenvalue weighted by atomic mass is 9.82. The average Bonchev–Trinajstić information content (AvgIpc) is 2.60. The summed E-state index contributed by atoms with van der Waals surface area (Å²) < 4.78 is 22.5. The Hall–Kier alpha value is -0.270. The van der Waals surface area contributed by atoms with Crippen LogP contribution in [0.3, 0.4) is 0 Å². The predicted molar refractivity (Wildman–Crippen MR) is 71.3 cm³/mol. The lowest BCUT2D eigenvalue weighted by molar-refractivity contribution is -0.119. The lowest BCUT2D eigenvalue weighted by Crippen LogP contribution is -2.39. The van der Waals surface area contributed by atoms with Crippen molar-refractivity contribution < 1.29 is 18.3 Å². The van der Waals surface area contributed by atoms with Crippen molar-refractivity contribution in [2.45, 2.75) is 30.6 Å². The normalized spacial score (nSPS) is 33.9. The Labute approximate surface area is 112 Å². The van der Waals surface area contributed by atoms with Crippen molar-refractivity contribution in [2.75, 3.05) is 23.8 Å². The highest BCUT2D eigenvalue weighted by Crippen LogP contribution is 2.26. The van der Waals surface area contributed by atoms with Gasteiger partial charge in [0.25, 0.3) is 0 Å². The molecule has 2 N–H and O–H groups in total. The minimum atomic E-state index is -2.85. The molecule has 1 unspecified atom stereocenters. The Balaban J connectivity index is 1.58. The summed E-state index contributed by atoms with van der Waals surface area (Å²) >= 11 is 1.43. The van der Waals surface area contributed by atoms with Crippen LogP contribution >= 0.6 is 11.8 Å². The van der Waals surface area contributed by atoms with Gasteiger partial charge in [-0.15, -0.1) is 11.8 Å². The van der Waals surface area contributed by atoms with Crippen LogP contribution in [0.15, 0.2) is 0 Å². The van der Waals surface area contributed by atoms with Crippen LogP contribution in [0, 0.1) is 5.92 Å². The summed E-state index contributed by atoms with van der Waals surface area (Å²) in [5.41, 5.74) is 0. The molecular weight excluding hydrogens is 274 g/mol. The number of thioether (sulfide) groups is 1. The molecule has 1 heterocycles. The number of aliphatic hydroxyl groups excluding tert-OH is 1. The first kappa shape index (κ1) is 14.1. The van der Waals surface area contributed by atoms with Gasteiger partial charge >= 0.3 is 0 Å². The van der Waals surface area contributed by atoms with Gasteiger partial charge in [-0.1, -0.05) is 0 Å². The van der Waals surface area contributed by atoms with Crippen molar-refractivity contribution in [3.05, 3.63) is 0 Å². The van der Waals surface area contributed by atoms with E-state index in [9.17, 15) is 13.2 Å². The van der Waals surface area contributed by atoms with E-state index in [0.717, 1.165) is 12.8 Å². The highest BCUT2D eigenvalue weighted by atomic mass is 32.2. The maximum absolute atomic E-state index is 11.5. The van der Waals surface area contributed by atoms with Crippen LogP contribution in [0.2, 0.25) is 0 Å². The quantitative estimate of drug-likeness (QED) is 0.733. The van der Waals surface area contributed by atoms with Gasteiger partial charge in [-0.2, -0.15) is 0 Å². The molecule has 0 radical (unpaired) electrons. The number of hydrogen-bond donors (Lipinski definition) is 2. The average molecular weight is 293 g/mol. The largest absolute Gasteiger partial charge is 0.393 e. The first-order chi connectivity index (χ1) is 8.44. The van der Waals surface area contributed by atoms with E-state index in [0.29, 0.717) is 24.6 Å². The zero-order valence-electron chi connectivity index (χ0n) is 10.2. The molecule has 2 aliphatic rings. The van der Waals surface area contributed by atoms with Gasteiger partial charge in [0.05, 0.1) is 23.4 Å². The fourth-order valence-corrected chi connectivity index (χ4v) is 5.74. The summed E-state index contributed by atoms with van der Waals surface area (Å²) in [5, 5.41) is 12.0. The molecule has 5 nitrogen and oxygen atoms in total. The van der Waals surface area contributed by atoms with E-state index in [2.05, 4.69) is 5.32 Å². The van der Waals surface area contributed by atoms with Gasteiger partial charge in [0.1, 0.15) is 0 Å². The zero-order valence-corrected chi connectivity index (χ0v) is 11.8. The molecule has 104 valence electrons. The van der Waals surface area contributed by atoms with Crippen molar-refractivity contribution >= 4 is 27.5 Å². The van der Waals surface area contributed by atoms with Crippen LogP contribution < -0.4 is 5.32 Å². The molecule has 0 aromatic carbocycles. The summed E-state index contributed by atoms with van der Waals surface area (Å²) in [6, 6.07) is 0. The topological polar surface area (TPSA) is 83.5 Å². The molecule has 18 heavy (non-hydrogen) atoms. The van der Waals surface area contributed by atoms with E-state index in [1.807, 2.05) is 0 Å². The highest BCUT2D eigenvalue weighted by molar-refractivity contribution is 8.02. The van der Waals surface area contributed by atoms with Gasteiger partial charge in [0.15, 0.2) is 9.84 Å². The number of nitrogens with one attached hydrogen (secondary N) is 1.